The molecule has 2 aliphatic rings. The molecule has 11 heteroatoms. The number of nitrogens with zero attached hydrogens (tertiary/aromatic N) is 3. The molecule has 0 saturated carbocycles. The molecule has 2 saturated heterocycles. The Hall–Kier alpha value is -1.75. The van der Waals surface area contributed by atoms with Gasteiger partial charge in [-0.05, 0) is 74.5 Å². The van der Waals surface area contributed by atoms with E-state index in [1.165, 1.54) is 4.31 Å². The zero-order chi connectivity index (χ0) is 26.2. The Labute approximate surface area is 235 Å². The molecule has 0 unspecified atom stereocenters. The third-order valence-electron chi connectivity index (χ3n) is 7.31. The zero-order valence-electron chi connectivity index (χ0n) is 20.0. The van der Waals surface area contributed by atoms with Crippen LogP contribution in [0.3, 0.4) is 0 Å². The van der Waals surface area contributed by atoms with Gasteiger partial charge in [0.1, 0.15) is 4.90 Å². The number of hydrogen-bond donors (Lipinski definition) is 1. The summed E-state index contributed by atoms with van der Waals surface area (Å²) < 4.78 is 28.6. The number of nitrogens with one attached hydrogen (secondary N) is 1. The van der Waals surface area contributed by atoms with Gasteiger partial charge in [0.25, 0.3) is 0 Å². The predicted molar refractivity (Wildman–Crippen MR) is 151 cm³/mol. The standard InChI is InChI=1S/C26H27BrCl2N4O3S/c27-20-14-23(28)25(24(29)15-20)37(35,36)33-11-6-22(7-12-33)32-9-4-17(5-10-32)26(34)31-21-2-1-19-16-30-8-3-18(19)13-21/h1-3,8,13-17,22H,4-7,9-12H2,(H,31,34). The summed E-state index contributed by atoms with van der Waals surface area (Å²) in [6.45, 7) is 2.47. The molecule has 1 amide bonds. The van der Waals surface area contributed by atoms with Gasteiger partial charge in [0.15, 0.2) is 0 Å². The van der Waals surface area contributed by atoms with Crippen LogP contribution < -0.4 is 5.32 Å². The Morgan fingerprint density at radius 1 is 0.946 bits per heavy atom. The zero-order valence-corrected chi connectivity index (χ0v) is 24.0. The van der Waals surface area contributed by atoms with Crippen LogP contribution in [0.15, 0.2) is 58.2 Å². The van der Waals surface area contributed by atoms with Crippen LogP contribution in [0.2, 0.25) is 10.0 Å². The molecule has 5 rings (SSSR count). The van der Waals surface area contributed by atoms with E-state index in [1.807, 2.05) is 30.5 Å². The van der Waals surface area contributed by atoms with Crippen LogP contribution in [0.1, 0.15) is 25.7 Å². The maximum Gasteiger partial charge on any atom is 0.246 e. The minimum Gasteiger partial charge on any atom is -0.326 e. The first-order valence-corrected chi connectivity index (χ1v) is 15.2. The number of hydrogen-bond acceptors (Lipinski definition) is 5. The third kappa shape index (κ3) is 5.82. The molecule has 0 spiro atoms. The minimum absolute atomic E-state index is 0.0348. The Morgan fingerprint density at radius 3 is 2.30 bits per heavy atom. The quantitative estimate of drug-likeness (QED) is 0.387. The maximum atomic E-state index is 13.2. The van der Waals surface area contributed by atoms with Crippen molar-refractivity contribution in [3.8, 4) is 0 Å². The maximum absolute atomic E-state index is 13.2. The van der Waals surface area contributed by atoms with Crippen LogP contribution in [0.4, 0.5) is 5.69 Å². The van der Waals surface area contributed by atoms with Crippen LogP contribution in [-0.2, 0) is 14.8 Å². The lowest BCUT2D eigenvalue weighted by atomic mass is 9.93. The molecular formula is C26H27BrCl2N4O3S. The highest BCUT2D eigenvalue weighted by Gasteiger charge is 2.36. The van der Waals surface area contributed by atoms with Crippen LogP contribution in [0.25, 0.3) is 10.8 Å². The van der Waals surface area contributed by atoms with Crippen LogP contribution in [0, 0.1) is 5.92 Å². The first-order chi connectivity index (χ1) is 17.7. The van der Waals surface area contributed by atoms with Gasteiger partial charge in [0.05, 0.1) is 10.0 Å². The average Bonchev–Trinajstić information content (AvgIpc) is 2.88. The molecular weight excluding hydrogens is 599 g/mol. The van der Waals surface area contributed by atoms with E-state index in [-0.39, 0.29) is 26.8 Å². The third-order valence-corrected chi connectivity index (χ3v) is 10.6. The van der Waals surface area contributed by atoms with Gasteiger partial charge in [-0.3, -0.25) is 9.78 Å². The van der Waals surface area contributed by atoms with E-state index in [1.54, 1.807) is 18.3 Å². The number of carbonyl (C=O) groups excluding carboxylic acids is 1. The molecule has 196 valence electrons. The van der Waals surface area contributed by atoms with Crippen molar-refractivity contribution in [2.45, 2.75) is 36.6 Å². The van der Waals surface area contributed by atoms with Crippen LogP contribution >= 0.6 is 39.1 Å². The van der Waals surface area contributed by atoms with E-state index < -0.39 is 10.0 Å². The summed E-state index contributed by atoms with van der Waals surface area (Å²) in [5.41, 5.74) is 0.797. The van der Waals surface area contributed by atoms with E-state index in [2.05, 4.69) is 31.1 Å². The van der Waals surface area contributed by atoms with Gasteiger partial charge in [-0.15, -0.1) is 0 Å². The number of aromatic nitrogens is 1. The van der Waals surface area contributed by atoms with Gasteiger partial charge in [-0.1, -0.05) is 45.2 Å². The summed E-state index contributed by atoms with van der Waals surface area (Å²) in [7, 11) is -3.78. The summed E-state index contributed by atoms with van der Waals surface area (Å²) >= 11 is 15.8. The number of piperidine rings is 2. The lowest BCUT2D eigenvalue weighted by molar-refractivity contribution is -0.121. The van der Waals surface area contributed by atoms with E-state index in [9.17, 15) is 13.2 Å². The fourth-order valence-corrected chi connectivity index (χ4v) is 8.64. The van der Waals surface area contributed by atoms with Gasteiger partial charge in [0.2, 0.25) is 15.9 Å². The number of anilines is 1. The first kappa shape index (κ1) is 26.8. The number of sulfonamides is 1. The summed E-state index contributed by atoms with van der Waals surface area (Å²) in [6.07, 6.45) is 6.58. The molecule has 2 fully saturated rings. The number of halogens is 3. The van der Waals surface area contributed by atoms with Crippen molar-refractivity contribution >= 4 is 71.5 Å². The SMILES string of the molecule is O=C(Nc1ccc2cnccc2c1)C1CCN(C2CCN(S(=O)(=O)c3c(Cl)cc(Br)cc3Cl)CC2)CC1. The fraction of sp³-hybridized carbons (Fsp3) is 0.385. The highest BCUT2D eigenvalue weighted by Crippen LogP contribution is 2.36. The smallest absolute Gasteiger partial charge is 0.246 e. The van der Waals surface area contributed by atoms with Crippen molar-refractivity contribution in [3.63, 3.8) is 0 Å². The van der Waals surface area contributed by atoms with Crippen molar-refractivity contribution in [2.24, 2.45) is 5.92 Å². The van der Waals surface area contributed by atoms with Crippen molar-refractivity contribution in [2.75, 3.05) is 31.5 Å². The summed E-state index contributed by atoms with van der Waals surface area (Å²) in [6, 6.07) is 11.2. The number of rotatable bonds is 5. The van der Waals surface area contributed by atoms with E-state index in [0.29, 0.717) is 23.6 Å². The lowest BCUT2D eigenvalue weighted by Crippen LogP contribution is -2.49. The van der Waals surface area contributed by atoms with E-state index in [0.717, 1.165) is 55.2 Å². The van der Waals surface area contributed by atoms with Crippen molar-refractivity contribution in [3.05, 3.63) is 63.3 Å². The molecule has 1 aromatic heterocycles. The highest BCUT2D eigenvalue weighted by atomic mass is 79.9. The second kappa shape index (κ2) is 11.2. The molecule has 1 N–H and O–H groups in total. The van der Waals surface area contributed by atoms with Crippen molar-refractivity contribution < 1.29 is 13.2 Å². The molecule has 3 heterocycles. The molecule has 7 nitrogen and oxygen atoms in total. The molecule has 0 radical (unpaired) electrons. The molecule has 2 aromatic carbocycles. The van der Waals surface area contributed by atoms with Crippen LogP contribution in [-0.4, -0.2) is 60.7 Å². The Kier molecular flexibility index (Phi) is 8.10. The fourth-order valence-electron chi connectivity index (χ4n) is 5.28. The molecule has 0 bridgehead atoms. The van der Waals surface area contributed by atoms with Crippen molar-refractivity contribution in [1.82, 2.24) is 14.2 Å². The molecule has 2 aliphatic heterocycles. The molecule has 37 heavy (non-hydrogen) atoms. The van der Waals surface area contributed by atoms with Gasteiger partial charge >= 0.3 is 0 Å². The Balaban J connectivity index is 1.14. The summed E-state index contributed by atoms with van der Waals surface area (Å²) in [4.78, 5) is 19.4. The highest BCUT2D eigenvalue weighted by molar-refractivity contribution is 9.10. The molecule has 3 aromatic rings. The first-order valence-electron chi connectivity index (χ1n) is 12.3. The summed E-state index contributed by atoms with van der Waals surface area (Å²) in [5, 5.41) is 5.38. The van der Waals surface area contributed by atoms with Gasteiger partial charge in [0, 0.05) is 53.0 Å². The Bertz CT molecular complexity index is 1400. The number of pyridine rings is 1. The van der Waals surface area contributed by atoms with Gasteiger partial charge < -0.3 is 10.2 Å². The topological polar surface area (TPSA) is 82.6 Å². The second-order valence-electron chi connectivity index (χ2n) is 9.57. The number of amides is 1. The molecule has 0 atom stereocenters. The monoisotopic (exact) mass is 624 g/mol. The van der Waals surface area contributed by atoms with Gasteiger partial charge in [-0.25, -0.2) is 8.42 Å². The average molecular weight is 626 g/mol. The molecule has 0 aliphatic carbocycles. The normalized spacial score (nSPS) is 18.8. The number of benzene rings is 2. The van der Waals surface area contributed by atoms with E-state index >= 15 is 0 Å². The minimum atomic E-state index is -3.78. The predicted octanol–water partition coefficient (Wildman–Crippen LogP) is 5.81. The largest absolute Gasteiger partial charge is 0.326 e. The Morgan fingerprint density at radius 2 is 1.62 bits per heavy atom. The van der Waals surface area contributed by atoms with E-state index in [4.69, 9.17) is 23.2 Å². The van der Waals surface area contributed by atoms with Crippen molar-refractivity contribution in [1.29, 1.82) is 0 Å². The van der Waals surface area contributed by atoms with Gasteiger partial charge in [-0.2, -0.15) is 4.31 Å². The summed E-state index contributed by atoms with van der Waals surface area (Å²) in [5.74, 6) is 0.0174. The lowest BCUT2D eigenvalue weighted by Gasteiger charge is -2.41. The number of likely N-dealkylation sites (tertiary alicyclic amines) is 1. The second-order valence-corrected chi connectivity index (χ2v) is 13.2. The number of fused-ring (bicyclic) bond motifs is 1. The van der Waals surface area contributed by atoms with Crippen LogP contribution in [0.5, 0.6) is 0 Å². The number of carbonyl (C=O) groups is 1.